The lowest BCUT2D eigenvalue weighted by Gasteiger charge is -2.13. The monoisotopic (exact) mass is 584 g/mol. The predicted molar refractivity (Wildman–Crippen MR) is 147 cm³/mol. The number of rotatable bonds is 7. The van der Waals surface area contributed by atoms with Crippen molar-refractivity contribution in [2.24, 2.45) is 0 Å². The Morgan fingerprint density at radius 1 is 1.08 bits per heavy atom. The van der Waals surface area contributed by atoms with E-state index in [0.29, 0.717) is 26.9 Å². The third-order valence-corrected chi connectivity index (χ3v) is 7.50. The molecule has 1 saturated heterocycles. The van der Waals surface area contributed by atoms with Gasteiger partial charge in [-0.15, -0.1) is 0 Å². The summed E-state index contributed by atoms with van der Waals surface area (Å²) in [5.74, 6) is -0.136. The van der Waals surface area contributed by atoms with E-state index in [9.17, 15) is 14.4 Å². The van der Waals surface area contributed by atoms with Crippen molar-refractivity contribution in [3.63, 3.8) is 0 Å². The smallest absolute Gasteiger partial charge is 0.293 e. The van der Waals surface area contributed by atoms with Gasteiger partial charge in [-0.3, -0.25) is 19.3 Å². The summed E-state index contributed by atoms with van der Waals surface area (Å²) >= 11 is 10.5. The summed E-state index contributed by atoms with van der Waals surface area (Å²) in [5, 5.41) is 3.00. The molecule has 0 atom stereocenters. The Hall–Kier alpha value is -3.07. The summed E-state index contributed by atoms with van der Waals surface area (Å²) in [6, 6.07) is 17.9. The molecule has 0 unspecified atom stereocenters. The first-order valence-corrected chi connectivity index (χ1v) is 13.0. The maximum absolute atomic E-state index is 12.8. The molecule has 0 aromatic heterocycles. The van der Waals surface area contributed by atoms with Gasteiger partial charge in [-0.05, 0) is 100 Å². The van der Waals surface area contributed by atoms with Crippen LogP contribution in [-0.2, 0) is 16.1 Å². The number of nitrogens with zero attached hydrogens (tertiary/aromatic N) is 1. The van der Waals surface area contributed by atoms with Crippen molar-refractivity contribution in [1.82, 2.24) is 4.90 Å². The van der Waals surface area contributed by atoms with Crippen molar-refractivity contribution in [1.29, 1.82) is 0 Å². The minimum atomic E-state index is -0.362. The van der Waals surface area contributed by atoms with Crippen LogP contribution in [0.2, 0.25) is 5.02 Å². The van der Waals surface area contributed by atoms with Gasteiger partial charge in [-0.25, -0.2) is 0 Å². The van der Waals surface area contributed by atoms with Gasteiger partial charge in [0.15, 0.2) is 6.61 Å². The molecule has 1 fully saturated rings. The van der Waals surface area contributed by atoms with Crippen molar-refractivity contribution >= 4 is 68.1 Å². The molecule has 184 valence electrons. The quantitative estimate of drug-likeness (QED) is 0.303. The number of benzene rings is 3. The molecule has 1 aliphatic heterocycles. The van der Waals surface area contributed by atoms with Gasteiger partial charge < -0.3 is 10.1 Å². The SMILES string of the molecule is Cc1cc(Br)c(NC(=O)COc2ccc(/C=C3/SC(=O)N(Cc4ccccc4Cl)C3=O)cc2)cc1C. The fraction of sp³-hybridized carbons (Fsp3) is 0.148. The minimum absolute atomic E-state index is 0.120. The number of hydrogen-bond acceptors (Lipinski definition) is 5. The van der Waals surface area contributed by atoms with E-state index in [0.717, 1.165) is 32.9 Å². The van der Waals surface area contributed by atoms with Crippen LogP contribution in [0.1, 0.15) is 22.3 Å². The second-order valence-corrected chi connectivity index (χ2v) is 10.4. The molecule has 1 aliphatic rings. The van der Waals surface area contributed by atoms with E-state index < -0.39 is 0 Å². The number of carbonyl (C=O) groups excluding carboxylic acids is 3. The molecule has 3 aromatic rings. The van der Waals surface area contributed by atoms with Gasteiger partial charge in [0.25, 0.3) is 17.1 Å². The highest BCUT2D eigenvalue weighted by Crippen LogP contribution is 2.34. The van der Waals surface area contributed by atoms with Crippen molar-refractivity contribution in [3.05, 3.63) is 97.3 Å². The van der Waals surface area contributed by atoms with Crippen molar-refractivity contribution in [2.75, 3.05) is 11.9 Å². The van der Waals surface area contributed by atoms with Gasteiger partial charge in [0, 0.05) is 9.50 Å². The van der Waals surface area contributed by atoms with E-state index in [1.54, 1.807) is 48.5 Å². The first-order valence-electron chi connectivity index (χ1n) is 11.0. The van der Waals surface area contributed by atoms with Gasteiger partial charge in [0.05, 0.1) is 17.1 Å². The number of carbonyl (C=O) groups is 3. The number of thioether (sulfide) groups is 1. The Morgan fingerprint density at radius 2 is 1.78 bits per heavy atom. The Morgan fingerprint density at radius 3 is 2.50 bits per heavy atom. The molecule has 0 saturated carbocycles. The maximum Gasteiger partial charge on any atom is 0.293 e. The first kappa shape index (κ1) is 26.0. The number of amides is 3. The highest BCUT2D eigenvalue weighted by Gasteiger charge is 2.35. The Bertz CT molecular complexity index is 1370. The van der Waals surface area contributed by atoms with Gasteiger partial charge in [0.1, 0.15) is 5.75 Å². The second kappa shape index (κ2) is 11.3. The molecular weight excluding hydrogens is 564 g/mol. The second-order valence-electron chi connectivity index (χ2n) is 8.18. The van der Waals surface area contributed by atoms with Crippen LogP contribution in [0, 0.1) is 13.8 Å². The summed E-state index contributed by atoms with van der Waals surface area (Å²) in [7, 11) is 0. The normalized spacial score (nSPS) is 14.4. The Balaban J connectivity index is 1.35. The highest BCUT2D eigenvalue weighted by molar-refractivity contribution is 9.10. The molecule has 3 aromatic carbocycles. The molecular formula is C27H22BrClN2O4S. The van der Waals surface area contributed by atoms with Crippen LogP contribution >= 0.6 is 39.3 Å². The number of halogens is 2. The summed E-state index contributed by atoms with van der Waals surface area (Å²) in [4.78, 5) is 39.1. The molecule has 4 rings (SSSR count). The standard InChI is InChI=1S/C27H22BrClN2O4S/c1-16-11-21(28)23(12-17(16)2)30-25(32)15-35-20-9-7-18(8-10-20)13-24-26(33)31(27(34)36-24)14-19-5-3-4-6-22(19)29/h3-13H,14-15H2,1-2H3,(H,30,32)/b24-13+. The van der Waals surface area contributed by atoms with E-state index in [-0.39, 0.29) is 30.2 Å². The predicted octanol–water partition coefficient (Wildman–Crippen LogP) is 6.97. The molecule has 36 heavy (non-hydrogen) atoms. The number of aryl methyl sites for hydroxylation is 2. The zero-order valence-corrected chi connectivity index (χ0v) is 22.7. The molecule has 0 aliphatic carbocycles. The van der Waals surface area contributed by atoms with Gasteiger partial charge in [-0.1, -0.05) is 41.9 Å². The summed E-state index contributed by atoms with van der Waals surface area (Å²) in [6.07, 6.45) is 1.66. The van der Waals surface area contributed by atoms with Crippen LogP contribution in [0.5, 0.6) is 5.75 Å². The van der Waals surface area contributed by atoms with Crippen LogP contribution in [0.15, 0.2) is 70.0 Å². The summed E-state index contributed by atoms with van der Waals surface area (Å²) in [6.45, 7) is 3.95. The Labute approximate surface area is 226 Å². The lowest BCUT2D eigenvalue weighted by molar-refractivity contribution is -0.123. The van der Waals surface area contributed by atoms with Crippen LogP contribution in [-0.4, -0.2) is 28.6 Å². The third kappa shape index (κ3) is 6.19. The van der Waals surface area contributed by atoms with Gasteiger partial charge in [-0.2, -0.15) is 0 Å². The molecule has 1 N–H and O–H groups in total. The average Bonchev–Trinajstić information content (AvgIpc) is 3.10. The lowest BCUT2D eigenvalue weighted by Crippen LogP contribution is -2.27. The fourth-order valence-corrected chi connectivity index (χ4v) is 5.05. The van der Waals surface area contributed by atoms with E-state index in [1.807, 2.05) is 32.0 Å². The number of imide groups is 1. The summed E-state index contributed by atoms with van der Waals surface area (Å²) in [5.41, 5.74) is 4.33. The molecule has 1 heterocycles. The molecule has 0 bridgehead atoms. The lowest BCUT2D eigenvalue weighted by atomic mass is 10.1. The van der Waals surface area contributed by atoms with Gasteiger partial charge in [0.2, 0.25) is 0 Å². The van der Waals surface area contributed by atoms with E-state index in [4.69, 9.17) is 16.3 Å². The van der Waals surface area contributed by atoms with Crippen molar-refractivity contribution < 1.29 is 19.1 Å². The molecule has 6 nitrogen and oxygen atoms in total. The summed E-state index contributed by atoms with van der Waals surface area (Å²) < 4.78 is 6.40. The zero-order valence-electron chi connectivity index (χ0n) is 19.5. The zero-order chi connectivity index (χ0) is 25.8. The van der Waals surface area contributed by atoms with Crippen LogP contribution in [0.25, 0.3) is 6.08 Å². The number of hydrogen-bond donors (Lipinski definition) is 1. The van der Waals surface area contributed by atoms with Crippen LogP contribution < -0.4 is 10.1 Å². The average molecular weight is 586 g/mol. The van der Waals surface area contributed by atoms with E-state index in [2.05, 4.69) is 21.2 Å². The van der Waals surface area contributed by atoms with Crippen molar-refractivity contribution in [3.8, 4) is 5.75 Å². The number of anilines is 1. The van der Waals surface area contributed by atoms with Crippen molar-refractivity contribution in [2.45, 2.75) is 20.4 Å². The third-order valence-electron chi connectivity index (χ3n) is 5.57. The Kier molecular flexibility index (Phi) is 8.18. The maximum atomic E-state index is 12.8. The van der Waals surface area contributed by atoms with E-state index >= 15 is 0 Å². The largest absolute Gasteiger partial charge is 0.484 e. The molecule has 9 heteroatoms. The van der Waals surface area contributed by atoms with Crippen LogP contribution in [0.3, 0.4) is 0 Å². The number of ether oxygens (including phenoxy) is 1. The first-order chi connectivity index (χ1) is 17.2. The van der Waals surface area contributed by atoms with Gasteiger partial charge >= 0.3 is 0 Å². The fourth-order valence-electron chi connectivity index (χ4n) is 3.46. The molecule has 0 spiro atoms. The minimum Gasteiger partial charge on any atom is -0.484 e. The topological polar surface area (TPSA) is 75.7 Å². The molecule has 0 radical (unpaired) electrons. The molecule has 3 amide bonds. The van der Waals surface area contributed by atoms with E-state index in [1.165, 1.54) is 4.90 Å². The number of nitrogens with one attached hydrogen (secondary N) is 1. The van der Waals surface area contributed by atoms with Crippen LogP contribution in [0.4, 0.5) is 10.5 Å². The highest BCUT2D eigenvalue weighted by atomic mass is 79.9.